The number of nitrogens with zero attached hydrogens (tertiary/aromatic N) is 3. The lowest BCUT2D eigenvalue weighted by Crippen LogP contribution is -2.02. The van der Waals surface area contributed by atoms with E-state index in [1.54, 1.807) is 23.7 Å². The van der Waals surface area contributed by atoms with Crippen LogP contribution in [0.2, 0.25) is 0 Å². The molecule has 0 aliphatic carbocycles. The Bertz CT molecular complexity index is 468. The van der Waals surface area contributed by atoms with E-state index < -0.39 is 0 Å². The molecule has 2 aromatic rings. The van der Waals surface area contributed by atoms with Gasteiger partial charge in [-0.3, -0.25) is 4.98 Å². The summed E-state index contributed by atoms with van der Waals surface area (Å²) >= 11 is 1.68. The molecule has 0 aromatic carbocycles. The molecule has 0 aliphatic heterocycles. The van der Waals surface area contributed by atoms with Gasteiger partial charge in [0.15, 0.2) is 0 Å². The minimum absolute atomic E-state index is 0.730. The van der Waals surface area contributed by atoms with E-state index in [4.69, 9.17) is 0 Å². The Labute approximate surface area is 98.0 Å². The van der Waals surface area contributed by atoms with Crippen molar-refractivity contribution in [3.63, 3.8) is 0 Å². The molecular weight excluding hydrogens is 222 g/mol. The lowest BCUT2D eigenvalue weighted by molar-refractivity contribution is 1.10. The van der Waals surface area contributed by atoms with E-state index in [9.17, 15) is 0 Å². The highest BCUT2D eigenvalue weighted by molar-refractivity contribution is 7.11. The fourth-order valence-electron chi connectivity index (χ4n) is 1.24. The highest BCUT2D eigenvalue weighted by atomic mass is 32.1. The molecule has 2 aromatic heterocycles. The highest BCUT2D eigenvalue weighted by Crippen LogP contribution is 2.13. The number of hydrogen-bond donors (Lipinski definition) is 2. The molecule has 0 spiro atoms. The van der Waals surface area contributed by atoms with Crippen LogP contribution in [0.3, 0.4) is 0 Å². The first-order valence-corrected chi connectivity index (χ1v) is 5.74. The van der Waals surface area contributed by atoms with Gasteiger partial charge < -0.3 is 10.6 Å². The van der Waals surface area contributed by atoms with Gasteiger partial charge in [-0.15, -0.1) is 11.3 Å². The van der Waals surface area contributed by atoms with E-state index >= 15 is 0 Å². The Balaban J connectivity index is 1.99. The predicted octanol–water partition coefficient (Wildman–Crippen LogP) is 1.90. The van der Waals surface area contributed by atoms with Crippen molar-refractivity contribution in [3.05, 3.63) is 28.5 Å². The molecule has 0 aliphatic rings. The number of thiazole rings is 1. The number of hydrogen-bond acceptors (Lipinski definition) is 6. The van der Waals surface area contributed by atoms with Gasteiger partial charge in [-0.1, -0.05) is 0 Å². The summed E-state index contributed by atoms with van der Waals surface area (Å²) in [5.74, 6) is 1.52. The van der Waals surface area contributed by atoms with Crippen molar-refractivity contribution >= 4 is 23.0 Å². The molecule has 2 N–H and O–H groups in total. The average Bonchev–Trinajstić information content (AvgIpc) is 2.73. The minimum Gasteiger partial charge on any atom is -0.372 e. The SMILES string of the molecule is CNc1cncc(NCc2cnc(C)s2)n1. The zero-order valence-corrected chi connectivity index (χ0v) is 10.0. The van der Waals surface area contributed by atoms with Gasteiger partial charge in [0.2, 0.25) is 0 Å². The predicted molar refractivity (Wildman–Crippen MR) is 65.8 cm³/mol. The third-order valence-electron chi connectivity index (χ3n) is 2.00. The summed E-state index contributed by atoms with van der Waals surface area (Å²) in [6.45, 7) is 2.73. The zero-order valence-electron chi connectivity index (χ0n) is 9.19. The molecule has 0 bridgehead atoms. The summed E-state index contributed by atoms with van der Waals surface area (Å²) < 4.78 is 0. The summed E-state index contributed by atoms with van der Waals surface area (Å²) in [4.78, 5) is 13.8. The van der Waals surface area contributed by atoms with Gasteiger partial charge in [0, 0.05) is 18.1 Å². The molecule has 0 saturated heterocycles. The lowest BCUT2D eigenvalue weighted by atomic mass is 10.5. The minimum atomic E-state index is 0.730. The Morgan fingerprint density at radius 1 is 1.25 bits per heavy atom. The number of rotatable bonds is 4. The number of nitrogens with one attached hydrogen (secondary N) is 2. The van der Waals surface area contributed by atoms with Gasteiger partial charge in [-0.25, -0.2) is 9.97 Å². The van der Waals surface area contributed by atoms with Crippen LogP contribution >= 0.6 is 11.3 Å². The molecule has 0 saturated carbocycles. The quantitative estimate of drug-likeness (QED) is 0.847. The molecule has 5 nitrogen and oxygen atoms in total. The summed E-state index contributed by atoms with van der Waals surface area (Å²) in [7, 11) is 1.82. The molecule has 2 heterocycles. The van der Waals surface area contributed by atoms with Crippen LogP contribution in [-0.2, 0) is 6.54 Å². The Morgan fingerprint density at radius 2 is 2.06 bits per heavy atom. The largest absolute Gasteiger partial charge is 0.372 e. The molecule has 0 amide bonds. The summed E-state index contributed by atoms with van der Waals surface area (Å²) in [6, 6.07) is 0. The van der Waals surface area contributed by atoms with Crippen LogP contribution in [0.25, 0.3) is 0 Å². The molecule has 0 atom stereocenters. The Hall–Kier alpha value is -1.69. The van der Waals surface area contributed by atoms with Crippen LogP contribution in [0.4, 0.5) is 11.6 Å². The summed E-state index contributed by atoms with van der Waals surface area (Å²) in [5.41, 5.74) is 0. The molecule has 6 heteroatoms. The van der Waals surface area contributed by atoms with E-state index in [1.807, 2.05) is 20.2 Å². The smallest absolute Gasteiger partial charge is 0.147 e. The molecule has 16 heavy (non-hydrogen) atoms. The van der Waals surface area contributed by atoms with Crippen LogP contribution in [-0.4, -0.2) is 22.0 Å². The van der Waals surface area contributed by atoms with Crippen molar-refractivity contribution in [3.8, 4) is 0 Å². The van der Waals surface area contributed by atoms with Crippen molar-refractivity contribution in [1.29, 1.82) is 0 Å². The third kappa shape index (κ3) is 2.66. The first-order valence-electron chi connectivity index (χ1n) is 4.93. The first kappa shape index (κ1) is 10.8. The second kappa shape index (κ2) is 4.89. The molecule has 0 fully saturated rings. The molecule has 0 radical (unpaired) electrons. The van der Waals surface area contributed by atoms with Crippen LogP contribution in [0.15, 0.2) is 18.6 Å². The topological polar surface area (TPSA) is 62.7 Å². The van der Waals surface area contributed by atoms with Crippen LogP contribution in [0.1, 0.15) is 9.88 Å². The van der Waals surface area contributed by atoms with Gasteiger partial charge in [0.05, 0.1) is 23.9 Å². The molecule has 0 unspecified atom stereocenters. The maximum Gasteiger partial charge on any atom is 0.147 e. The number of aryl methyl sites for hydroxylation is 1. The van der Waals surface area contributed by atoms with Crippen molar-refractivity contribution in [2.75, 3.05) is 17.7 Å². The summed E-state index contributed by atoms with van der Waals surface area (Å²) in [6.07, 6.45) is 5.26. The maximum absolute atomic E-state index is 4.31. The summed E-state index contributed by atoms with van der Waals surface area (Å²) in [5, 5.41) is 7.23. The van der Waals surface area contributed by atoms with E-state index in [1.165, 1.54) is 4.88 Å². The van der Waals surface area contributed by atoms with Gasteiger partial charge >= 0.3 is 0 Å². The van der Waals surface area contributed by atoms with Crippen molar-refractivity contribution < 1.29 is 0 Å². The van der Waals surface area contributed by atoms with Crippen LogP contribution in [0, 0.1) is 6.92 Å². The Morgan fingerprint density at radius 3 is 2.75 bits per heavy atom. The number of anilines is 2. The van der Waals surface area contributed by atoms with E-state index in [0.29, 0.717) is 0 Å². The van der Waals surface area contributed by atoms with Crippen LogP contribution in [0.5, 0.6) is 0 Å². The average molecular weight is 235 g/mol. The number of aromatic nitrogens is 3. The van der Waals surface area contributed by atoms with E-state index in [-0.39, 0.29) is 0 Å². The molecule has 84 valence electrons. The highest BCUT2D eigenvalue weighted by Gasteiger charge is 2.00. The lowest BCUT2D eigenvalue weighted by Gasteiger charge is -2.04. The van der Waals surface area contributed by atoms with Gasteiger partial charge in [-0.05, 0) is 6.92 Å². The zero-order chi connectivity index (χ0) is 11.4. The van der Waals surface area contributed by atoms with E-state index in [0.717, 1.165) is 23.2 Å². The third-order valence-corrected chi connectivity index (χ3v) is 2.92. The second-order valence-electron chi connectivity index (χ2n) is 3.24. The fourth-order valence-corrected chi connectivity index (χ4v) is 1.97. The normalized spacial score (nSPS) is 10.1. The van der Waals surface area contributed by atoms with Gasteiger partial charge in [0.25, 0.3) is 0 Å². The second-order valence-corrected chi connectivity index (χ2v) is 4.56. The monoisotopic (exact) mass is 235 g/mol. The van der Waals surface area contributed by atoms with Crippen molar-refractivity contribution in [2.24, 2.45) is 0 Å². The van der Waals surface area contributed by atoms with Crippen LogP contribution < -0.4 is 10.6 Å². The van der Waals surface area contributed by atoms with Crippen molar-refractivity contribution in [1.82, 2.24) is 15.0 Å². The molecule has 2 rings (SSSR count). The van der Waals surface area contributed by atoms with Gasteiger partial charge in [0.1, 0.15) is 11.6 Å². The maximum atomic E-state index is 4.31. The standard InChI is InChI=1S/C10H13N5S/c1-7-13-3-8(16-7)4-14-10-6-12-5-9(11-2)15-10/h3,5-6H,4H2,1-2H3,(H2,11,14,15). The van der Waals surface area contributed by atoms with Crippen molar-refractivity contribution in [2.45, 2.75) is 13.5 Å². The first-order chi connectivity index (χ1) is 7.78. The van der Waals surface area contributed by atoms with Gasteiger partial charge in [-0.2, -0.15) is 0 Å². The molecular formula is C10H13N5S. The fraction of sp³-hybridized carbons (Fsp3) is 0.300. The Kier molecular flexibility index (Phi) is 3.31. The van der Waals surface area contributed by atoms with E-state index in [2.05, 4.69) is 25.6 Å².